The highest BCUT2D eigenvalue weighted by molar-refractivity contribution is 6.31. The molecule has 3 aromatic rings. The summed E-state index contributed by atoms with van der Waals surface area (Å²) in [6.07, 6.45) is 2.89. The number of aliphatic hydroxyl groups excluding tert-OH is 1. The predicted molar refractivity (Wildman–Crippen MR) is 96.6 cm³/mol. The molecule has 1 aromatic carbocycles. The SMILES string of the molecule is NCCCn1c(=O)c2c(CCCCO)[nH]nc2c2cc(Cl)ccc21. The highest BCUT2D eigenvalue weighted by atomic mass is 35.5. The van der Waals surface area contributed by atoms with Gasteiger partial charge in [-0.25, -0.2) is 0 Å². The lowest BCUT2D eigenvalue weighted by Gasteiger charge is -2.11. The number of aromatic amines is 1. The van der Waals surface area contributed by atoms with E-state index in [1.54, 1.807) is 10.6 Å². The number of nitrogens with zero attached hydrogens (tertiary/aromatic N) is 2. The first kappa shape index (κ1) is 17.0. The van der Waals surface area contributed by atoms with Crippen LogP contribution in [0.3, 0.4) is 0 Å². The molecule has 2 aromatic heterocycles. The number of halogens is 1. The molecule has 2 heterocycles. The molecule has 0 fully saturated rings. The van der Waals surface area contributed by atoms with Gasteiger partial charge in [-0.15, -0.1) is 0 Å². The van der Waals surface area contributed by atoms with Crippen molar-refractivity contribution in [3.8, 4) is 0 Å². The molecule has 0 saturated carbocycles. The third-order valence-corrected chi connectivity index (χ3v) is 4.46. The summed E-state index contributed by atoms with van der Waals surface area (Å²) in [5.41, 5.74) is 7.85. The zero-order chi connectivity index (χ0) is 17.1. The van der Waals surface area contributed by atoms with E-state index in [0.717, 1.165) is 29.4 Å². The third kappa shape index (κ3) is 3.05. The molecule has 0 aliphatic rings. The van der Waals surface area contributed by atoms with E-state index in [2.05, 4.69) is 10.2 Å². The number of aliphatic hydroxyl groups is 1. The molecule has 7 heteroatoms. The van der Waals surface area contributed by atoms with Crippen LogP contribution in [-0.4, -0.2) is 33.0 Å². The van der Waals surface area contributed by atoms with Crippen molar-refractivity contribution in [2.75, 3.05) is 13.2 Å². The number of pyridine rings is 1. The largest absolute Gasteiger partial charge is 0.396 e. The van der Waals surface area contributed by atoms with Crippen LogP contribution in [0, 0.1) is 0 Å². The molecular weight excluding hydrogens is 328 g/mol. The smallest absolute Gasteiger partial charge is 0.262 e. The van der Waals surface area contributed by atoms with Gasteiger partial charge in [0.1, 0.15) is 5.52 Å². The van der Waals surface area contributed by atoms with Crippen LogP contribution in [0.25, 0.3) is 21.8 Å². The van der Waals surface area contributed by atoms with Crippen molar-refractivity contribution in [1.29, 1.82) is 0 Å². The summed E-state index contributed by atoms with van der Waals surface area (Å²) in [6.45, 7) is 1.23. The standard InChI is InChI=1S/C17H21ClN4O2/c18-11-5-6-14-12(10-11)16-15(17(24)22(14)8-3-7-19)13(20-21-16)4-1-2-9-23/h5-6,10,23H,1-4,7-9,19H2,(H,20,21). The molecular formula is C17H21ClN4O2. The van der Waals surface area contributed by atoms with Crippen LogP contribution >= 0.6 is 11.6 Å². The summed E-state index contributed by atoms with van der Waals surface area (Å²) in [5.74, 6) is 0. The van der Waals surface area contributed by atoms with Gasteiger partial charge in [-0.2, -0.15) is 5.10 Å². The number of nitrogens with one attached hydrogen (secondary N) is 1. The fraction of sp³-hybridized carbons (Fsp3) is 0.412. The van der Waals surface area contributed by atoms with Gasteiger partial charge < -0.3 is 15.4 Å². The fourth-order valence-corrected chi connectivity index (χ4v) is 3.22. The molecule has 0 atom stereocenters. The van der Waals surface area contributed by atoms with E-state index >= 15 is 0 Å². The molecule has 24 heavy (non-hydrogen) atoms. The lowest BCUT2D eigenvalue weighted by molar-refractivity contribution is 0.284. The van der Waals surface area contributed by atoms with Gasteiger partial charge >= 0.3 is 0 Å². The number of hydrogen-bond acceptors (Lipinski definition) is 4. The van der Waals surface area contributed by atoms with Crippen LogP contribution in [0.2, 0.25) is 5.02 Å². The number of aryl methyl sites for hydroxylation is 2. The van der Waals surface area contributed by atoms with Crippen LogP contribution in [-0.2, 0) is 13.0 Å². The number of nitrogens with two attached hydrogens (primary N) is 1. The Morgan fingerprint density at radius 1 is 1.29 bits per heavy atom. The summed E-state index contributed by atoms with van der Waals surface area (Å²) in [7, 11) is 0. The topological polar surface area (TPSA) is 96.9 Å². The third-order valence-electron chi connectivity index (χ3n) is 4.23. The van der Waals surface area contributed by atoms with Crippen LogP contribution in [0.1, 0.15) is 25.0 Å². The van der Waals surface area contributed by atoms with Gasteiger partial charge in [0.15, 0.2) is 0 Å². The van der Waals surface area contributed by atoms with Crippen LogP contribution in [0.5, 0.6) is 0 Å². The maximum Gasteiger partial charge on any atom is 0.262 e. The molecule has 0 spiro atoms. The monoisotopic (exact) mass is 348 g/mol. The van der Waals surface area contributed by atoms with Crippen molar-refractivity contribution >= 4 is 33.4 Å². The maximum atomic E-state index is 13.0. The van der Waals surface area contributed by atoms with Gasteiger partial charge in [0.2, 0.25) is 0 Å². The highest BCUT2D eigenvalue weighted by Gasteiger charge is 2.17. The Balaban J connectivity index is 2.24. The minimum absolute atomic E-state index is 0.0546. The van der Waals surface area contributed by atoms with E-state index in [4.69, 9.17) is 22.4 Å². The number of aromatic nitrogens is 3. The van der Waals surface area contributed by atoms with E-state index in [1.165, 1.54) is 0 Å². The van der Waals surface area contributed by atoms with Crippen LogP contribution in [0.15, 0.2) is 23.0 Å². The molecule has 6 nitrogen and oxygen atoms in total. The van der Waals surface area contributed by atoms with Gasteiger partial charge in [0.25, 0.3) is 5.56 Å². The van der Waals surface area contributed by atoms with Crippen molar-refractivity contribution in [3.63, 3.8) is 0 Å². The average Bonchev–Trinajstić information content (AvgIpc) is 3.00. The van der Waals surface area contributed by atoms with Crippen molar-refractivity contribution < 1.29 is 5.11 Å². The predicted octanol–water partition coefficient (Wildman–Crippen LogP) is 2.19. The lowest BCUT2D eigenvalue weighted by Crippen LogP contribution is -2.22. The molecule has 0 unspecified atom stereocenters. The molecule has 0 amide bonds. The molecule has 0 aliphatic carbocycles. The highest BCUT2D eigenvalue weighted by Crippen LogP contribution is 2.26. The second-order valence-electron chi connectivity index (χ2n) is 5.87. The summed E-state index contributed by atoms with van der Waals surface area (Å²) in [4.78, 5) is 13.0. The molecule has 3 rings (SSSR count). The normalized spacial score (nSPS) is 11.6. The fourth-order valence-electron chi connectivity index (χ4n) is 3.05. The second kappa shape index (κ2) is 7.34. The van der Waals surface area contributed by atoms with Gasteiger partial charge in [0.05, 0.1) is 10.9 Å². The quantitative estimate of drug-likeness (QED) is 0.570. The van der Waals surface area contributed by atoms with Gasteiger partial charge in [-0.05, 0) is 50.4 Å². The van der Waals surface area contributed by atoms with Crippen molar-refractivity contribution in [2.45, 2.75) is 32.2 Å². The minimum atomic E-state index is -0.0546. The summed E-state index contributed by atoms with van der Waals surface area (Å²) in [5, 5.41) is 18.4. The van der Waals surface area contributed by atoms with Crippen LogP contribution < -0.4 is 11.3 Å². The number of rotatable bonds is 7. The van der Waals surface area contributed by atoms with Crippen molar-refractivity contribution in [2.24, 2.45) is 5.73 Å². The van der Waals surface area contributed by atoms with Crippen molar-refractivity contribution in [1.82, 2.24) is 14.8 Å². The summed E-state index contributed by atoms with van der Waals surface area (Å²) >= 11 is 6.15. The Morgan fingerprint density at radius 2 is 2.12 bits per heavy atom. The van der Waals surface area contributed by atoms with Gasteiger partial charge in [0, 0.05) is 29.3 Å². The Labute approximate surface area is 144 Å². The number of benzene rings is 1. The Bertz CT molecular complexity index is 916. The van der Waals surface area contributed by atoms with E-state index in [9.17, 15) is 4.79 Å². The average molecular weight is 349 g/mol. The van der Waals surface area contributed by atoms with Gasteiger partial charge in [-0.3, -0.25) is 9.89 Å². The van der Waals surface area contributed by atoms with E-state index in [0.29, 0.717) is 41.9 Å². The molecule has 128 valence electrons. The van der Waals surface area contributed by atoms with Gasteiger partial charge in [-0.1, -0.05) is 11.6 Å². The number of fused-ring (bicyclic) bond motifs is 3. The molecule has 0 saturated heterocycles. The van der Waals surface area contributed by atoms with Crippen molar-refractivity contribution in [3.05, 3.63) is 39.3 Å². The number of unbranched alkanes of at least 4 members (excludes halogenated alkanes) is 1. The summed E-state index contributed by atoms with van der Waals surface area (Å²) < 4.78 is 1.76. The van der Waals surface area contributed by atoms with E-state index in [1.807, 2.05) is 12.1 Å². The Morgan fingerprint density at radius 3 is 2.88 bits per heavy atom. The Kier molecular flexibility index (Phi) is 5.18. The lowest BCUT2D eigenvalue weighted by atomic mass is 10.1. The minimum Gasteiger partial charge on any atom is -0.396 e. The Hall–Kier alpha value is -1.89. The zero-order valence-electron chi connectivity index (χ0n) is 13.4. The van der Waals surface area contributed by atoms with Crippen LogP contribution in [0.4, 0.5) is 0 Å². The zero-order valence-corrected chi connectivity index (χ0v) is 14.1. The number of H-pyrrole nitrogens is 1. The van der Waals surface area contributed by atoms with E-state index < -0.39 is 0 Å². The molecule has 0 bridgehead atoms. The summed E-state index contributed by atoms with van der Waals surface area (Å²) in [6, 6.07) is 5.48. The molecule has 0 radical (unpaired) electrons. The first-order valence-electron chi connectivity index (χ1n) is 8.17. The first-order valence-corrected chi connectivity index (χ1v) is 8.55. The maximum absolute atomic E-state index is 13.0. The van der Waals surface area contributed by atoms with E-state index in [-0.39, 0.29) is 12.2 Å². The number of hydrogen-bond donors (Lipinski definition) is 3. The first-order chi connectivity index (χ1) is 11.7. The molecule has 0 aliphatic heterocycles. The molecule has 4 N–H and O–H groups in total. The second-order valence-corrected chi connectivity index (χ2v) is 6.30.